The summed E-state index contributed by atoms with van der Waals surface area (Å²) in [6.07, 6.45) is -2.51. The van der Waals surface area contributed by atoms with Crippen LogP contribution in [0.4, 0.5) is 5.82 Å². The molecule has 0 aromatic carbocycles. The van der Waals surface area contributed by atoms with Crippen molar-refractivity contribution < 1.29 is 33.0 Å². The van der Waals surface area contributed by atoms with E-state index < -0.39 is 42.7 Å². The van der Waals surface area contributed by atoms with Crippen LogP contribution in [-0.2, 0) is 27.9 Å². The molecule has 3 aromatic rings. The van der Waals surface area contributed by atoms with Crippen LogP contribution in [-0.4, -0.2) is 61.5 Å². The Morgan fingerprint density at radius 2 is 2.23 bits per heavy atom. The maximum Gasteiger partial charge on any atom is 0.392 e. The average molecular weight is 542 g/mol. The van der Waals surface area contributed by atoms with Gasteiger partial charge in [-0.15, -0.1) is 11.3 Å². The van der Waals surface area contributed by atoms with Gasteiger partial charge >= 0.3 is 12.8 Å². The summed E-state index contributed by atoms with van der Waals surface area (Å²) in [4.78, 5) is 25.7. The first kappa shape index (κ1) is 24.6. The third kappa shape index (κ3) is 4.59. The monoisotopic (exact) mass is 541 g/mol. The zero-order valence-corrected chi connectivity index (χ0v) is 21.6. The van der Waals surface area contributed by atoms with Crippen molar-refractivity contribution >= 4 is 52.5 Å². The Kier molecular flexibility index (Phi) is 6.41. The van der Waals surface area contributed by atoms with Gasteiger partial charge in [-0.3, -0.25) is 18.4 Å². The Morgan fingerprint density at radius 3 is 2.94 bits per heavy atom. The summed E-state index contributed by atoms with van der Waals surface area (Å²) < 4.78 is 37.3. The normalized spacial score (nSPS) is 28.8. The van der Waals surface area contributed by atoms with Gasteiger partial charge in [-0.1, -0.05) is 6.07 Å². The molecule has 0 bridgehead atoms. The fourth-order valence-corrected chi connectivity index (χ4v) is 7.23. The summed E-state index contributed by atoms with van der Waals surface area (Å²) in [5.74, 6) is 0.0418. The van der Waals surface area contributed by atoms with Crippen molar-refractivity contribution in [3.05, 3.63) is 23.8 Å². The number of rotatable bonds is 5. The summed E-state index contributed by atoms with van der Waals surface area (Å²) in [7, 11) is 0. The molecular formula is C20H24N5O7PS2. The van der Waals surface area contributed by atoms with Gasteiger partial charge in [0.05, 0.1) is 16.9 Å². The number of nitrogens with two attached hydrogens (primary N) is 1. The van der Waals surface area contributed by atoms with Crippen LogP contribution in [0.25, 0.3) is 21.9 Å². The largest absolute Gasteiger partial charge is 0.454 e. The van der Waals surface area contributed by atoms with Gasteiger partial charge in [0.25, 0.3) is 0 Å². The van der Waals surface area contributed by atoms with Gasteiger partial charge in [0, 0.05) is 11.4 Å². The van der Waals surface area contributed by atoms with E-state index in [0.717, 1.165) is 16.3 Å². The molecule has 2 saturated heterocycles. The number of hydrogen-bond donors (Lipinski definition) is 2. The minimum Gasteiger partial charge on any atom is -0.454 e. The number of aromatic nitrogens is 4. The molecule has 2 aliphatic heterocycles. The van der Waals surface area contributed by atoms with Gasteiger partial charge in [0.2, 0.25) is 0 Å². The molecule has 0 saturated carbocycles. The summed E-state index contributed by atoms with van der Waals surface area (Å²) in [5, 5.41) is 13.1. The number of fused-ring (bicyclic) bond motifs is 2. The molecule has 35 heavy (non-hydrogen) atoms. The lowest BCUT2D eigenvalue weighted by Crippen LogP contribution is -2.39. The zero-order valence-electron chi connectivity index (χ0n) is 19.1. The molecule has 15 heteroatoms. The first-order chi connectivity index (χ1) is 16.6. The summed E-state index contributed by atoms with van der Waals surface area (Å²) in [6, 6.07) is 3.76. The van der Waals surface area contributed by atoms with Crippen LogP contribution in [0.1, 0.15) is 27.0 Å². The minimum absolute atomic E-state index is 0.0756. The number of nitrogens with zero attached hydrogens (tertiary/aromatic N) is 4. The van der Waals surface area contributed by atoms with E-state index in [1.165, 1.54) is 17.7 Å². The highest BCUT2D eigenvalue weighted by Crippen LogP contribution is 2.65. The Labute approximate surface area is 208 Å². The number of carbonyl (C=O) groups excluding carboxylic acids is 1. The maximum atomic E-state index is 13.2. The quantitative estimate of drug-likeness (QED) is 0.276. The lowest BCUT2D eigenvalue weighted by atomic mass is 9.98. The topological polar surface area (TPSA) is 161 Å². The average Bonchev–Trinajstić information content (AvgIpc) is 3.51. The van der Waals surface area contributed by atoms with Crippen LogP contribution in [0.3, 0.4) is 0 Å². The predicted octanol–water partition coefficient (Wildman–Crippen LogP) is 3.20. The highest BCUT2D eigenvalue weighted by Gasteiger charge is 2.53. The van der Waals surface area contributed by atoms with Crippen molar-refractivity contribution in [2.75, 3.05) is 18.3 Å². The highest BCUT2D eigenvalue weighted by molar-refractivity contribution is 8.55. The highest BCUT2D eigenvalue weighted by atomic mass is 32.7. The molecule has 3 N–H and O–H groups in total. The van der Waals surface area contributed by atoms with Crippen molar-refractivity contribution in [1.29, 1.82) is 0 Å². The molecule has 2 unspecified atom stereocenters. The van der Waals surface area contributed by atoms with Gasteiger partial charge < -0.3 is 20.3 Å². The van der Waals surface area contributed by atoms with Gasteiger partial charge in [-0.05, 0) is 32.2 Å². The van der Waals surface area contributed by atoms with Crippen molar-refractivity contribution in [3.8, 4) is 10.7 Å². The van der Waals surface area contributed by atoms with Gasteiger partial charge in [0.1, 0.15) is 30.6 Å². The molecule has 0 aliphatic carbocycles. The van der Waals surface area contributed by atoms with Crippen molar-refractivity contribution in [1.82, 2.24) is 19.5 Å². The third-order valence-corrected chi connectivity index (χ3v) is 9.68. The molecule has 0 spiro atoms. The van der Waals surface area contributed by atoms with Crippen LogP contribution < -0.4 is 5.73 Å². The number of aliphatic hydroxyl groups is 1. The van der Waals surface area contributed by atoms with Crippen LogP contribution >= 0.6 is 29.5 Å². The SMILES string of the molecule is CC(C)(C)C(=O)OCS[P@]1(=O)OCC2O[C@@H](n3c(-c4cccs4)nc4c(N)ncnc43)[C@@H](O)C2O1. The third-order valence-electron chi connectivity index (χ3n) is 5.47. The van der Waals surface area contributed by atoms with E-state index in [9.17, 15) is 14.5 Å². The smallest absolute Gasteiger partial charge is 0.392 e. The number of aliphatic hydroxyl groups excluding tert-OH is 1. The lowest BCUT2D eigenvalue weighted by Gasteiger charge is -2.31. The van der Waals surface area contributed by atoms with E-state index in [1.54, 1.807) is 25.3 Å². The molecule has 2 aliphatic rings. The summed E-state index contributed by atoms with van der Waals surface area (Å²) >= 11 is 2.20. The first-order valence-electron chi connectivity index (χ1n) is 10.7. The number of hydrogen-bond acceptors (Lipinski definition) is 13. The van der Waals surface area contributed by atoms with Crippen LogP contribution in [0.2, 0.25) is 0 Å². The predicted molar refractivity (Wildman–Crippen MR) is 129 cm³/mol. The van der Waals surface area contributed by atoms with Gasteiger partial charge in [-0.2, -0.15) is 0 Å². The van der Waals surface area contributed by atoms with Crippen LogP contribution in [0.5, 0.6) is 0 Å². The Bertz CT molecular complexity index is 1300. The number of thiophene rings is 1. The molecule has 0 amide bonds. The number of anilines is 1. The Morgan fingerprint density at radius 1 is 1.43 bits per heavy atom. The second-order valence-corrected chi connectivity index (χ2v) is 13.9. The number of carbonyl (C=O) groups is 1. The van der Waals surface area contributed by atoms with Gasteiger partial charge in [-0.25, -0.2) is 19.5 Å². The molecule has 12 nitrogen and oxygen atoms in total. The molecule has 3 aromatic heterocycles. The Hall–Kier alpha value is -2.06. The number of nitrogen functional groups attached to an aromatic ring is 1. The fourth-order valence-electron chi connectivity index (χ4n) is 3.72. The van der Waals surface area contributed by atoms with Crippen molar-refractivity contribution in [3.63, 3.8) is 0 Å². The number of esters is 1. The first-order valence-corrected chi connectivity index (χ1v) is 14.7. The lowest BCUT2D eigenvalue weighted by molar-refractivity contribution is -0.150. The minimum atomic E-state index is -3.72. The number of imidazole rings is 1. The molecule has 5 atom stereocenters. The second kappa shape index (κ2) is 9.11. The molecule has 5 heterocycles. The van der Waals surface area contributed by atoms with E-state index in [1.807, 2.05) is 17.5 Å². The second-order valence-electron chi connectivity index (χ2n) is 9.01. The van der Waals surface area contributed by atoms with E-state index >= 15 is 0 Å². The van der Waals surface area contributed by atoms with Crippen molar-refractivity contribution in [2.45, 2.75) is 45.3 Å². The standard InChI is InChI=1S/C20H24N5O7PS2/c1-20(2,3)19(27)29-9-35-33(28)30-7-10-14(32-33)13(26)18(31-10)25-16(11-5-4-6-34-11)24-12-15(21)22-8-23-17(12)25/h4-6,8,10,13-14,18,26H,7,9H2,1-3H3,(H2,21,22,23)/t10?,13-,14?,18+,33+/m0/s1. The maximum absolute atomic E-state index is 13.2. The molecule has 188 valence electrons. The van der Waals surface area contributed by atoms with E-state index in [2.05, 4.69) is 15.0 Å². The number of ether oxygens (including phenoxy) is 2. The molecular weight excluding hydrogens is 517 g/mol. The summed E-state index contributed by atoms with van der Waals surface area (Å²) in [5.41, 5.74) is 6.09. The van der Waals surface area contributed by atoms with E-state index in [4.69, 9.17) is 24.3 Å². The van der Waals surface area contributed by atoms with E-state index in [0.29, 0.717) is 17.0 Å². The Balaban J connectivity index is 1.39. The zero-order chi connectivity index (χ0) is 25.0. The van der Waals surface area contributed by atoms with Crippen LogP contribution in [0, 0.1) is 5.41 Å². The molecule has 0 radical (unpaired) electrons. The van der Waals surface area contributed by atoms with E-state index in [-0.39, 0.29) is 18.4 Å². The van der Waals surface area contributed by atoms with Crippen LogP contribution in [0.15, 0.2) is 23.8 Å². The van der Waals surface area contributed by atoms with Crippen molar-refractivity contribution in [2.24, 2.45) is 5.41 Å². The fraction of sp³-hybridized carbons (Fsp3) is 0.500. The van der Waals surface area contributed by atoms with Gasteiger partial charge in [0.15, 0.2) is 29.0 Å². The molecule has 2 fully saturated rings. The summed E-state index contributed by atoms with van der Waals surface area (Å²) in [6.45, 7) is 1.36. The molecule has 5 rings (SSSR count).